The Hall–Kier alpha value is 0.110. The molecule has 0 amide bonds. The van der Waals surface area contributed by atoms with E-state index in [1.54, 1.807) is 0 Å². The number of hydrogen-bond donors (Lipinski definition) is 1. The lowest BCUT2D eigenvalue weighted by Crippen LogP contribution is -2.40. The number of rotatable bonds is 3. The Balaban J connectivity index is 2.37. The second-order valence-electron chi connectivity index (χ2n) is 4.42. The first kappa shape index (κ1) is 10.2. The maximum atomic E-state index is 11.7. The van der Waals surface area contributed by atoms with Crippen molar-refractivity contribution in [2.75, 3.05) is 5.75 Å². The highest BCUT2D eigenvalue weighted by atomic mass is 32.2. The second-order valence-corrected chi connectivity index (χ2v) is 6.14. The molecule has 1 saturated carbocycles. The van der Waals surface area contributed by atoms with Crippen molar-refractivity contribution in [2.45, 2.75) is 50.3 Å². The van der Waals surface area contributed by atoms with Gasteiger partial charge in [0.05, 0.1) is 0 Å². The molecule has 1 aliphatic rings. The molecule has 2 N–H and O–H groups in total. The largest absolute Gasteiger partial charge is 0.325 e. The summed E-state index contributed by atoms with van der Waals surface area (Å²) in [6.07, 6.45) is 4.79. The van der Waals surface area contributed by atoms with Crippen LogP contribution in [-0.4, -0.2) is 20.8 Å². The second kappa shape index (κ2) is 3.88. The van der Waals surface area contributed by atoms with Gasteiger partial charge in [0.2, 0.25) is 0 Å². The smallest absolute Gasteiger partial charge is 0.0412 e. The molecule has 0 saturated heterocycles. The molecule has 0 radical (unpaired) electrons. The minimum absolute atomic E-state index is 0.270. The van der Waals surface area contributed by atoms with Crippen molar-refractivity contribution in [1.29, 1.82) is 0 Å². The normalized spacial score (nSPS) is 22.9. The molecule has 0 heterocycles. The van der Waals surface area contributed by atoms with E-state index in [-0.39, 0.29) is 5.54 Å². The fourth-order valence-electron chi connectivity index (χ4n) is 1.64. The van der Waals surface area contributed by atoms with Crippen molar-refractivity contribution < 1.29 is 4.21 Å². The predicted octanol–water partition coefficient (Wildman–Crippen LogP) is 1.41. The fraction of sp³-hybridized carbons (Fsp3) is 1.00. The van der Waals surface area contributed by atoms with Crippen molar-refractivity contribution in [3.63, 3.8) is 0 Å². The number of hydrogen-bond acceptors (Lipinski definition) is 2. The minimum atomic E-state index is -0.690. The molecule has 1 rings (SSSR count). The van der Waals surface area contributed by atoms with Gasteiger partial charge in [0, 0.05) is 27.3 Å². The van der Waals surface area contributed by atoms with E-state index in [4.69, 9.17) is 5.73 Å². The summed E-state index contributed by atoms with van der Waals surface area (Å²) in [6, 6.07) is 0. The Morgan fingerprint density at radius 2 is 1.92 bits per heavy atom. The van der Waals surface area contributed by atoms with E-state index < -0.39 is 10.8 Å². The zero-order valence-corrected chi connectivity index (χ0v) is 8.82. The van der Waals surface area contributed by atoms with Gasteiger partial charge in [-0.2, -0.15) is 0 Å². The molecule has 3 heteroatoms. The SMILES string of the molecule is CC(C)(N)CS(=O)C1CCCC1. The van der Waals surface area contributed by atoms with Gasteiger partial charge >= 0.3 is 0 Å². The number of nitrogens with two attached hydrogens (primary N) is 1. The van der Waals surface area contributed by atoms with Crippen molar-refractivity contribution >= 4 is 10.8 Å². The highest BCUT2D eigenvalue weighted by Crippen LogP contribution is 2.23. The third-order valence-electron chi connectivity index (χ3n) is 2.19. The van der Waals surface area contributed by atoms with Crippen LogP contribution in [0.2, 0.25) is 0 Å². The lowest BCUT2D eigenvalue weighted by Gasteiger charge is -2.20. The van der Waals surface area contributed by atoms with Crippen LogP contribution < -0.4 is 5.73 Å². The molecule has 0 aromatic heterocycles. The summed E-state index contributed by atoms with van der Waals surface area (Å²) >= 11 is 0. The summed E-state index contributed by atoms with van der Waals surface area (Å²) in [4.78, 5) is 0. The van der Waals surface area contributed by atoms with Crippen LogP contribution in [0.4, 0.5) is 0 Å². The molecule has 0 aromatic rings. The molecule has 12 heavy (non-hydrogen) atoms. The van der Waals surface area contributed by atoms with E-state index in [0.29, 0.717) is 11.0 Å². The first-order valence-electron chi connectivity index (χ1n) is 4.65. The van der Waals surface area contributed by atoms with E-state index in [1.807, 2.05) is 13.8 Å². The van der Waals surface area contributed by atoms with Crippen LogP contribution in [0.15, 0.2) is 0 Å². The first-order chi connectivity index (χ1) is 5.49. The van der Waals surface area contributed by atoms with E-state index in [1.165, 1.54) is 12.8 Å². The summed E-state index contributed by atoms with van der Waals surface area (Å²) in [6.45, 7) is 3.89. The molecule has 1 aliphatic carbocycles. The Bertz CT molecular complexity index is 168. The molecule has 0 spiro atoms. The van der Waals surface area contributed by atoms with E-state index in [9.17, 15) is 4.21 Å². The standard InChI is InChI=1S/C9H19NOS/c1-9(2,10)7-12(11)8-5-3-4-6-8/h8H,3-7,10H2,1-2H3. The Kier molecular flexibility index (Phi) is 3.29. The molecular weight excluding hydrogens is 170 g/mol. The third-order valence-corrected chi connectivity index (χ3v) is 4.43. The van der Waals surface area contributed by atoms with Crippen LogP contribution in [0, 0.1) is 0 Å². The Morgan fingerprint density at radius 3 is 2.33 bits per heavy atom. The van der Waals surface area contributed by atoms with E-state index in [0.717, 1.165) is 12.8 Å². The molecule has 1 unspecified atom stereocenters. The highest BCUT2D eigenvalue weighted by Gasteiger charge is 2.25. The quantitative estimate of drug-likeness (QED) is 0.729. The van der Waals surface area contributed by atoms with Gasteiger partial charge in [-0.15, -0.1) is 0 Å². The molecule has 2 nitrogen and oxygen atoms in total. The molecular formula is C9H19NOS. The third kappa shape index (κ3) is 3.23. The predicted molar refractivity (Wildman–Crippen MR) is 53.5 cm³/mol. The lowest BCUT2D eigenvalue weighted by atomic mass is 10.1. The summed E-state index contributed by atoms with van der Waals surface area (Å²) in [5.41, 5.74) is 5.54. The summed E-state index contributed by atoms with van der Waals surface area (Å²) in [7, 11) is -0.690. The van der Waals surface area contributed by atoms with Gasteiger partial charge in [-0.25, -0.2) is 0 Å². The lowest BCUT2D eigenvalue weighted by molar-refractivity contribution is 0.573. The maximum Gasteiger partial charge on any atom is 0.0412 e. The summed E-state index contributed by atoms with van der Waals surface area (Å²) in [5.74, 6) is 0.650. The van der Waals surface area contributed by atoms with Crippen LogP contribution in [0.5, 0.6) is 0 Å². The minimum Gasteiger partial charge on any atom is -0.325 e. The van der Waals surface area contributed by atoms with Crippen LogP contribution in [0.1, 0.15) is 39.5 Å². The van der Waals surface area contributed by atoms with Crippen LogP contribution in [0.25, 0.3) is 0 Å². The molecule has 1 atom stereocenters. The highest BCUT2D eigenvalue weighted by molar-refractivity contribution is 7.85. The summed E-state index contributed by atoms with van der Waals surface area (Å²) < 4.78 is 11.7. The van der Waals surface area contributed by atoms with Gasteiger partial charge in [0.25, 0.3) is 0 Å². The molecule has 72 valence electrons. The Morgan fingerprint density at radius 1 is 1.42 bits per heavy atom. The molecule has 0 aliphatic heterocycles. The van der Waals surface area contributed by atoms with Gasteiger partial charge in [0.1, 0.15) is 0 Å². The van der Waals surface area contributed by atoms with Crippen molar-refractivity contribution in [3.05, 3.63) is 0 Å². The molecule has 0 bridgehead atoms. The molecule has 1 fully saturated rings. The zero-order valence-electron chi connectivity index (χ0n) is 8.01. The average molecular weight is 189 g/mol. The van der Waals surface area contributed by atoms with Gasteiger partial charge in [-0.05, 0) is 26.7 Å². The van der Waals surface area contributed by atoms with Gasteiger partial charge in [-0.3, -0.25) is 4.21 Å². The fourth-order valence-corrected chi connectivity index (χ4v) is 3.46. The van der Waals surface area contributed by atoms with Crippen molar-refractivity contribution in [1.82, 2.24) is 0 Å². The summed E-state index contributed by atoms with van der Waals surface area (Å²) in [5, 5.41) is 0.438. The molecule has 0 aromatic carbocycles. The maximum absolute atomic E-state index is 11.7. The van der Waals surface area contributed by atoms with E-state index >= 15 is 0 Å². The first-order valence-corrected chi connectivity index (χ1v) is 6.03. The van der Waals surface area contributed by atoms with Crippen LogP contribution in [0.3, 0.4) is 0 Å². The Labute approximate surface area is 77.4 Å². The van der Waals surface area contributed by atoms with Crippen molar-refractivity contribution in [2.24, 2.45) is 5.73 Å². The van der Waals surface area contributed by atoms with Gasteiger partial charge in [0.15, 0.2) is 0 Å². The topological polar surface area (TPSA) is 43.1 Å². The zero-order chi connectivity index (χ0) is 9.19. The van der Waals surface area contributed by atoms with Gasteiger partial charge in [-0.1, -0.05) is 12.8 Å². The van der Waals surface area contributed by atoms with E-state index in [2.05, 4.69) is 0 Å². The van der Waals surface area contributed by atoms with Crippen molar-refractivity contribution in [3.8, 4) is 0 Å². The van der Waals surface area contributed by atoms with Gasteiger partial charge < -0.3 is 5.73 Å². The van der Waals surface area contributed by atoms with Crippen LogP contribution in [-0.2, 0) is 10.8 Å². The van der Waals surface area contributed by atoms with Crippen LogP contribution >= 0.6 is 0 Å². The average Bonchev–Trinajstić information content (AvgIpc) is 2.32. The monoisotopic (exact) mass is 189 g/mol.